The monoisotopic (exact) mass is 432 g/mol. The van der Waals surface area contributed by atoms with Gasteiger partial charge in [0.05, 0.1) is 29.4 Å². The van der Waals surface area contributed by atoms with Crippen LogP contribution in [-0.2, 0) is 0 Å². The van der Waals surface area contributed by atoms with Gasteiger partial charge in [-0.1, -0.05) is 36.4 Å². The van der Waals surface area contributed by atoms with Crippen molar-refractivity contribution in [3.05, 3.63) is 84.9 Å². The number of anilines is 6. The molecule has 1 unspecified atom stereocenters. The van der Waals surface area contributed by atoms with E-state index in [1.54, 1.807) is 0 Å². The largest absolute Gasteiger partial charge is 0.355 e. The minimum absolute atomic E-state index is 0.127. The van der Waals surface area contributed by atoms with Crippen LogP contribution in [0.3, 0.4) is 0 Å². The highest BCUT2D eigenvalue weighted by atomic mass is 15.4. The molecular weight excluding hydrogens is 408 g/mol. The zero-order valence-corrected chi connectivity index (χ0v) is 18.9. The lowest BCUT2D eigenvalue weighted by Gasteiger charge is -2.28. The second-order valence-electron chi connectivity index (χ2n) is 8.49. The van der Waals surface area contributed by atoms with Gasteiger partial charge in [0.1, 0.15) is 17.8 Å². The summed E-state index contributed by atoms with van der Waals surface area (Å²) >= 11 is 0. The molecule has 0 saturated carbocycles. The first kappa shape index (κ1) is 19.4. The van der Waals surface area contributed by atoms with Crippen LogP contribution in [-0.4, -0.2) is 36.9 Å². The molecule has 0 aliphatic carbocycles. The average Bonchev–Trinajstić information content (AvgIpc) is 3.33. The van der Waals surface area contributed by atoms with E-state index in [4.69, 9.17) is 9.97 Å². The molecule has 0 bridgehead atoms. The highest BCUT2D eigenvalue weighted by Crippen LogP contribution is 2.45. The van der Waals surface area contributed by atoms with Crippen molar-refractivity contribution >= 4 is 34.4 Å². The van der Waals surface area contributed by atoms with E-state index in [1.165, 1.54) is 11.4 Å². The van der Waals surface area contributed by atoms with Gasteiger partial charge in [-0.2, -0.15) is 0 Å². The van der Waals surface area contributed by atoms with Crippen molar-refractivity contribution in [3.8, 4) is 11.4 Å². The maximum Gasteiger partial charge on any atom is 0.164 e. The van der Waals surface area contributed by atoms with Gasteiger partial charge in [-0.05, 0) is 49.4 Å². The van der Waals surface area contributed by atoms with E-state index in [-0.39, 0.29) is 6.17 Å². The second kappa shape index (κ2) is 7.42. The average molecular weight is 433 g/mol. The number of rotatable bonds is 3. The first-order chi connectivity index (χ1) is 16.1. The SMILES string of the molecule is CC1N(C)c2ccccc2N1c1cc(N2CN(C)c3ccccc32)nc(-c2cc#ccc2)n1. The van der Waals surface area contributed by atoms with Gasteiger partial charge in [-0.15, -0.1) is 0 Å². The first-order valence-corrected chi connectivity index (χ1v) is 11.1. The Morgan fingerprint density at radius 1 is 0.818 bits per heavy atom. The van der Waals surface area contributed by atoms with E-state index in [0.717, 1.165) is 35.2 Å². The summed E-state index contributed by atoms with van der Waals surface area (Å²) in [7, 11) is 4.23. The summed E-state index contributed by atoms with van der Waals surface area (Å²) in [6.45, 7) is 2.93. The number of hydrogen-bond acceptors (Lipinski definition) is 6. The number of fused-ring (bicyclic) bond motifs is 2. The quantitative estimate of drug-likeness (QED) is 0.442. The predicted molar refractivity (Wildman–Crippen MR) is 133 cm³/mol. The normalized spacial score (nSPS) is 16.6. The fourth-order valence-electron chi connectivity index (χ4n) is 4.73. The molecule has 3 heterocycles. The third-order valence-corrected chi connectivity index (χ3v) is 6.53. The molecule has 1 aromatic heterocycles. The van der Waals surface area contributed by atoms with Crippen LogP contribution in [0.4, 0.5) is 34.4 Å². The van der Waals surface area contributed by atoms with Gasteiger partial charge >= 0.3 is 0 Å². The number of hydrogen-bond donors (Lipinski definition) is 0. The highest BCUT2D eigenvalue weighted by molar-refractivity contribution is 5.85. The molecule has 0 saturated heterocycles. The minimum Gasteiger partial charge on any atom is -0.355 e. The molecule has 162 valence electrons. The molecule has 0 spiro atoms. The lowest BCUT2D eigenvalue weighted by molar-refractivity contribution is 0.726. The number of aromatic nitrogens is 2. The van der Waals surface area contributed by atoms with Crippen LogP contribution < -0.4 is 19.6 Å². The number of para-hydroxylation sites is 4. The van der Waals surface area contributed by atoms with Crippen LogP contribution in [0.25, 0.3) is 11.4 Å². The molecule has 33 heavy (non-hydrogen) atoms. The molecule has 6 nitrogen and oxygen atoms in total. The summed E-state index contributed by atoms with van der Waals surface area (Å²) in [4.78, 5) is 19.1. The second-order valence-corrected chi connectivity index (χ2v) is 8.49. The summed E-state index contributed by atoms with van der Waals surface area (Å²) in [5.41, 5.74) is 5.61. The highest BCUT2D eigenvalue weighted by Gasteiger charge is 2.33. The zero-order chi connectivity index (χ0) is 22.5. The van der Waals surface area contributed by atoms with Crippen LogP contribution in [0.5, 0.6) is 0 Å². The molecule has 3 aromatic carbocycles. The van der Waals surface area contributed by atoms with Gasteiger partial charge in [0.2, 0.25) is 0 Å². The van der Waals surface area contributed by atoms with Gasteiger partial charge in [0, 0.05) is 25.7 Å². The maximum absolute atomic E-state index is 5.03. The minimum atomic E-state index is 0.127. The van der Waals surface area contributed by atoms with Gasteiger partial charge in [0.25, 0.3) is 0 Å². The van der Waals surface area contributed by atoms with Crippen LogP contribution in [0.1, 0.15) is 6.92 Å². The summed E-state index contributed by atoms with van der Waals surface area (Å²) < 4.78 is 0. The first-order valence-electron chi connectivity index (χ1n) is 11.1. The number of benzene rings is 2. The lowest BCUT2D eigenvalue weighted by atomic mass is 10.2. The van der Waals surface area contributed by atoms with Crippen LogP contribution in [0.15, 0.2) is 72.8 Å². The molecule has 0 N–H and O–H groups in total. The smallest absolute Gasteiger partial charge is 0.164 e. The topological polar surface area (TPSA) is 38.7 Å². The van der Waals surface area contributed by atoms with Gasteiger partial charge in [-0.25, -0.2) is 9.97 Å². The van der Waals surface area contributed by atoms with E-state index in [0.29, 0.717) is 5.82 Å². The Bertz CT molecular complexity index is 1320. The van der Waals surface area contributed by atoms with E-state index >= 15 is 0 Å². The molecule has 2 aliphatic heterocycles. The van der Waals surface area contributed by atoms with Gasteiger partial charge in [0.15, 0.2) is 5.82 Å². The molecule has 0 amide bonds. The lowest BCUT2D eigenvalue weighted by Crippen LogP contribution is -2.36. The van der Waals surface area contributed by atoms with Crippen molar-refractivity contribution in [2.24, 2.45) is 0 Å². The predicted octanol–water partition coefficient (Wildman–Crippen LogP) is 5.22. The molecule has 6 heteroatoms. The van der Waals surface area contributed by atoms with Crippen molar-refractivity contribution < 1.29 is 0 Å². The molecular formula is C27H24N6. The standard InChI is InChI=1S/C27H24N6/c1-19-31(3)22-14-8-10-16-24(22)33(19)26-17-25(28-27(29-26)20-11-5-4-6-12-20)32-18-30(2)21-13-7-9-15-23(21)32/h5,7-17,19H,18H2,1-3H3. The molecule has 0 fully saturated rings. The Kier molecular flexibility index (Phi) is 4.37. The van der Waals surface area contributed by atoms with Crippen molar-refractivity contribution in [2.45, 2.75) is 13.1 Å². The van der Waals surface area contributed by atoms with Crippen molar-refractivity contribution in [3.63, 3.8) is 0 Å². The van der Waals surface area contributed by atoms with E-state index in [1.807, 2.05) is 18.2 Å². The Balaban J connectivity index is 1.53. The summed E-state index contributed by atoms with van der Waals surface area (Å²) in [6.07, 6.45) is 0.127. The van der Waals surface area contributed by atoms with Crippen LogP contribution in [0, 0.1) is 12.1 Å². The van der Waals surface area contributed by atoms with E-state index in [9.17, 15) is 0 Å². The summed E-state index contributed by atoms with van der Waals surface area (Å²) in [5.74, 6) is 2.43. The fraction of sp³-hybridized carbons (Fsp3) is 0.185. The van der Waals surface area contributed by atoms with Crippen molar-refractivity contribution in [1.82, 2.24) is 9.97 Å². The van der Waals surface area contributed by atoms with E-state index < -0.39 is 0 Å². The summed E-state index contributed by atoms with van der Waals surface area (Å²) in [5, 5.41) is 0. The molecule has 0 radical (unpaired) electrons. The molecule has 1 atom stereocenters. The van der Waals surface area contributed by atoms with Crippen molar-refractivity contribution in [2.75, 3.05) is 40.4 Å². The Labute approximate surface area is 194 Å². The third kappa shape index (κ3) is 3.05. The van der Waals surface area contributed by atoms with E-state index in [2.05, 4.69) is 107 Å². The van der Waals surface area contributed by atoms with Gasteiger partial charge < -0.3 is 19.6 Å². The van der Waals surface area contributed by atoms with Gasteiger partial charge in [-0.3, -0.25) is 0 Å². The van der Waals surface area contributed by atoms with Crippen LogP contribution in [0.2, 0.25) is 0 Å². The molecule has 2 aliphatic rings. The van der Waals surface area contributed by atoms with Crippen molar-refractivity contribution in [1.29, 1.82) is 0 Å². The molecule has 6 rings (SSSR count). The molecule has 4 aromatic rings. The summed E-state index contributed by atoms with van der Waals surface area (Å²) in [6, 6.07) is 30.7. The maximum atomic E-state index is 5.03. The zero-order valence-electron chi connectivity index (χ0n) is 18.9. The third-order valence-electron chi connectivity index (χ3n) is 6.53. The van der Waals surface area contributed by atoms with Crippen LogP contribution >= 0.6 is 0 Å². The fourth-order valence-corrected chi connectivity index (χ4v) is 4.73. The number of nitrogens with zero attached hydrogens (tertiary/aromatic N) is 6. The Hall–Kier alpha value is -4.24. The Morgan fingerprint density at radius 2 is 1.52 bits per heavy atom. The Morgan fingerprint density at radius 3 is 2.27 bits per heavy atom.